The third-order valence-corrected chi connectivity index (χ3v) is 3.05. The van der Waals surface area contributed by atoms with E-state index in [4.69, 9.17) is 4.74 Å². The Morgan fingerprint density at radius 2 is 2.17 bits per heavy atom. The number of carboxylic acids is 1. The van der Waals surface area contributed by atoms with E-state index in [0.717, 1.165) is 19.4 Å². The minimum Gasteiger partial charge on any atom is -0.508 e. The summed E-state index contributed by atoms with van der Waals surface area (Å²) < 4.78 is 5.44. The molecule has 1 aromatic rings. The molecule has 1 aliphatic rings. The maximum atomic E-state index is 11.2. The van der Waals surface area contributed by atoms with Gasteiger partial charge in [-0.15, -0.1) is 0 Å². The Bertz CT molecular complexity index is 398. The number of phenolic OH excluding ortho intramolecular Hbond substituents is 1. The fourth-order valence-corrected chi connectivity index (χ4v) is 2.07. The van der Waals surface area contributed by atoms with Crippen LogP contribution in [0.1, 0.15) is 24.4 Å². The van der Waals surface area contributed by atoms with E-state index >= 15 is 0 Å². The van der Waals surface area contributed by atoms with Gasteiger partial charge in [0.15, 0.2) is 0 Å². The summed E-state index contributed by atoms with van der Waals surface area (Å²) in [5.74, 6) is -0.805. The van der Waals surface area contributed by atoms with Gasteiger partial charge in [0.25, 0.3) is 0 Å². The van der Waals surface area contributed by atoms with Crippen molar-refractivity contribution in [2.75, 3.05) is 13.2 Å². The zero-order chi connectivity index (χ0) is 13.0. The van der Waals surface area contributed by atoms with Crippen molar-refractivity contribution in [3.63, 3.8) is 0 Å². The van der Waals surface area contributed by atoms with Crippen LogP contribution in [-0.4, -0.2) is 35.4 Å². The number of phenols is 1. The number of aliphatic carboxylic acids is 1. The molecule has 5 nitrogen and oxygen atoms in total. The molecule has 0 bridgehead atoms. The van der Waals surface area contributed by atoms with Crippen LogP contribution in [0.2, 0.25) is 0 Å². The van der Waals surface area contributed by atoms with E-state index in [9.17, 15) is 15.0 Å². The van der Waals surface area contributed by atoms with Gasteiger partial charge in [0, 0.05) is 13.2 Å². The first-order valence-electron chi connectivity index (χ1n) is 6.03. The lowest BCUT2D eigenvalue weighted by Gasteiger charge is -2.17. The number of nitrogens with one attached hydrogen (secondary N) is 1. The summed E-state index contributed by atoms with van der Waals surface area (Å²) in [6, 6.07) is 5.42. The fourth-order valence-electron chi connectivity index (χ4n) is 2.07. The molecule has 2 unspecified atom stereocenters. The van der Waals surface area contributed by atoms with Crippen LogP contribution in [0.5, 0.6) is 5.75 Å². The van der Waals surface area contributed by atoms with Gasteiger partial charge >= 0.3 is 5.97 Å². The van der Waals surface area contributed by atoms with Gasteiger partial charge < -0.3 is 14.9 Å². The summed E-state index contributed by atoms with van der Waals surface area (Å²) in [7, 11) is 0. The number of hydrogen-bond acceptors (Lipinski definition) is 4. The van der Waals surface area contributed by atoms with Crippen LogP contribution < -0.4 is 5.32 Å². The predicted molar refractivity (Wildman–Crippen MR) is 65.5 cm³/mol. The van der Waals surface area contributed by atoms with E-state index in [1.807, 2.05) is 0 Å². The molecular weight excluding hydrogens is 234 g/mol. The molecule has 0 aromatic heterocycles. The third kappa shape index (κ3) is 3.21. The van der Waals surface area contributed by atoms with E-state index in [1.165, 1.54) is 12.1 Å². The molecule has 1 saturated heterocycles. The van der Waals surface area contributed by atoms with Crippen LogP contribution in [-0.2, 0) is 9.53 Å². The van der Waals surface area contributed by atoms with Crippen molar-refractivity contribution < 1.29 is 19.7 Å². The molecule has 1 fully saturated rings. The number of carbonyl (C=O) groups is 1. The second kappa shape index (κ2) is 5.84. The van der Waals surface area contributed by atoms with Gasteiger partial charge in [-0.1, -0.05) is 12.1 Å². The Balaban J connectivity index is 1.99. The van der Waals surface area contributed by atoms with E-state index in [0.29, 0.717) is 12.1 Å². The number of rotatable bonds is 5. The Kier molecular flexibility index (Phi) is 4.17. The number of aromatic hydroxyl groups is 1. The Morgan fingerprint density at radius 3 is 2.72 bits per heavy atom. The molecular formula is C13H17NO4. The standard InChI is InChI=1S/C13H17NO4/c15-10-5-3-9(4-6-10)12(13(16)17)14-8-11-2-1-7-18-11/h3-6,11-12,14-15H,1-2,7-8H2,(H,16,17). The second-order valence-corrected chi connectivity index (χ2v) is 4.41. The molecule has 98 valence electrons. The van der Waals surface area contributed by atoms with Gasteiger partial charge in [-0.25, -0.2) is 0 Å². The first-order chi connectivity index (χ1) is 8.66. The van der Waals surface area contributed by atoms with Crippen LogP contribution in [0.4, 0.5) is 0 Å². The average molecular weight is 251 g/mol. The van der Waals surface area contributed by atoms with Crippen molar-refractivity contribution in [2.24, 2.45) is 0 Å². The van der Waals surface area contributed by atoms with Crippen LogP contribution >= 0.6 is 0 Å². The molecule has 0 amide bonds. The number of benzene rings is 1. The van der Waals surface area contributed by atoms with Gasteiger partial charge in [-0.05, 0) is 30.5 Å². The summed E-state index contributed by atoms with van der Waals surface area (Å²) >= 11 is 0. The summed E-state index contributed by atoms with van der Waals surface area (Å²) in [4.78, 5) is 11.2. The lowest BCUT2D eigenvalue weighted by atomic mass is 10.1. The van der Waals surface area contributed by atoms with Gasteiger partial charge in [-0.3, -0.25) is 10.1 Å². The van der Waals surface area contributed by atoms with E-state index in [1.54, 1.807) is 12.1 Å². The van der Waals surface area contributed by atoms with Crippen molar-refractivity contribution in [2.45, 2.75) is 25.0 Å². The zero-order valence-electron chi connectivity index (χ0n) is 10.0. The monoisotopic (exact) mass is 251 g/mol. The molecule has 0 saturated carbocycles. The number of hydrogen-bond donors (Lipinski definition) is 3. The number of carboxylic acid groups (broad SMARTS) is 1. The first-order valence-corrected chi connectivity index (χ1v) is 6.03. The Hall–Kier alpha value is -1.59. The van der Waals surface area contributed by atoms with E-state index < -0.39 is 12.0 Å². The molecule has 18 heavy (non-hydrogen) atoms. The molecule has 0 spiro atoms. The highest BCUT2D eigenvalue weighted by Crippen LogP contribution is 2.18. The van der Waals surface area contributed by atoms with Crippen LogP contribution in [0.25, 0.3) is 0 Å². The topological polar surface area (TPSA) is 78.8 Å². The SMILES string of the molecule is O=C(O)C(NCC1CCCO1)c1ccc(O)cc1. The Morgan fingerprint density at radius 1 is 1.44 bits per heavy atom. The molecule has 1 aromatic carbocycles. The summed E-state index contributed by atoms with van der Waals surface area (Å²) in [5.41, 5.74) is 0.623. The zero-order valence-corrected chi connectivity index (χ0v) is 10.0. The molecule has 1 heterocycles. The highest BCUT2D eigenvalue weighted by molar-refractivity contribution is 5.75. The van der Waals surface area contributed by atoms with Crippen molar-refractivity contribution in [1.82, 2.24) is 5.32 Å². The molecule has 3 N–H and O–H groups in total. The Labute approximate surface area is 105 Å². The van der Waals surface area contributed by atoms with E-state index in [-0.39, 0.29) is 11.9 Å². The van der Waals surface area contributed by atoms with E-state index in [2.05, 4.69) is 5.32 Å². The second-order valence-electron chi connectivity index (χ2n) is 4.41. The summed E-state index contributed by atoms with van der Waals surface area (Å²) in [5, 5.41) is 21.4. The van der Waals surface area contributed by atoms with Gasteiger partial charge in [-0.2, -0.15) is 0 Å². The highest BCUT2D eigenvalue weighted by atomic mass is 16.5. The molecule has 1 aliphatic heterocycles. The van der Waals surface area contributed by atoms with Crippen LogP contribution in [0, 0.1) is 0 Å². The summed E-state index contributed by atoms with van der Waals surface area (Å²) in [6.45, 7) is 1.28. The maximum Gasteiger partial charge on any atom is 0.325 e. The van der Waals surface area contributed by atoms with Crippen LogP contribution in [0.3, 0.4) is 0 Å². The molecule has 5 heteroatoms. The molecule has 2 atom stereocenters. The van der Waals surface area contributed by atoms with Crippen molar-refractivity contribution >= 4 is 5.97 Å². The van der Waals surface area contributed by atoms with Crippen molar-refractivity contribution in [3.8, 4) is 5.75 Å². The first kappa shape index (κ1) is 12.9. The largest absolute Gasteiger partial charge is 0.508 e. The van der Waals surface area contributed by atoms with Crippen molar-refractivity contribution in [3.05, 3.63) is 29.8 Å². The lowest BCUT2D eigenvalue weighted by molar-refractivity contribution is -0.139. The minimum absolute atomic E-state index is 0.101. The number of ether oxygens (including phenoxy) is 1. The normalized spacial score (nSPS) is 20.8. The van der Waals surface area contributed by atoms with Crippen molar-refractivity contribution in [1.29, 1.82) is 0 Å². The molecule has 0 aliphatic carbocycles. The maximum absolute atomic E-state index is 11.2. The van der Waals surface area contributed by atoms with Gasteiger partial charge in [0.1, 0.15) is 11.8 Å². The third-order valence-electron chi connectivity index (χ3n) is 3.05. The molecule has 0 radical (unpaired) electrons. The predicted octanol–water partition coefficient (Wildman–Crippen LogP) is 1.29. The van der Waals surface area contributed by atoms with Gasteiger partial charge in [0.05, 0.1) is 6.10 Å². The van der Waals surface area contributed by atoms with Gasteiger partial charge in [0.2, 0.25) is 0 Å². The minimum atomic E-state index is -0.932. The quantitative estimate of drug-likeness (QED) is 0.735. The average Bonchev–Trinajstić information content (AvgIpc) is 2.84. The molecule has 2 rings (SSSR count). The fraction of sp³-hybridized carbons (Fsp3) is 0.462. The highest BCUT2D eigenvalue weighted by Gasteiger charge is 2.22. The smallest absolute Gasteiger partial charge is 0.325 e. The lowest BCUT2D eigenvalue weighted by Crippen LogP contribution is -2.34. The summed E-state index contributed by atoms with van der Waals surface area (Å²) in [6.07, 6.45) is 2.10. The van der Waals surface area contributed by atoms with Crippen LogP contribution in [0.15, 0.2) is 24.3 Å².